The lowest BCUT2D eigenvalue weighted by Crippen LogP contribution is -2.29. The minimum Gasteiger partial charge on any atom is -0.462 e. The smallest absolute Gasteiger partial charge is 0.462 e. The van der Waals surface area contributed by atoms with Crippen LogP contribution in [-0.2, 0) is 32.9 Å². The highest BCUT2D eigenvalue weighted by Crippen LogP contribution is 2.36. The number of allylic oxidation sites excluding steroid dienone is 4. The second-order valence-corrected chi connectivity index (χ2v) is 16.7. The predicted octanol–water partition coefficient (Wildman–Crippen LogP) is 12.7. The third-order valence-electron chi connectivity index (χ3n) is 10.1. The summed E-state index contributed by atoms with van der Waals surface area (Å²) in [5.41, 5.74) is 0. The summed E-state index contributed by atoms with van der Waals surface area (Å²) in [4.78, 5) is 43.0. The number of hydrogen-bond donors (Lipinski definition) is 2. The van der Waals surface area contributed by atoms with Crippen LogP contribution < -0.4 is 0 Å². The summed E-state index contributed by atoms with van der Waals surface area (Å²) in [7, 11) is -4.77. The highest BCUT2D eigenvalue weighted by atomic mass is 31.2. The van der Waals surface area contributed by atoms with E-state index in [0.717, 1.165) is 51.4 Å². The third-order valence-corrected chi connectivity index (χ3v) is 10.5. The van der Waals surface area contributed by atoms with Crippen LogP contribution in [0.3, 0.4) is 0 Å². The second-order valence-electron chi connectivity index (χ2n) is 15.4. The summed E-state index contributed by atoms with van der Waals surface area (Å²) in [6, 6.07) is 0. The van der Waals surface area contributed by atoms with Crippen molar-refractivity contribution in [2.45, 2.75) is 225 Å². The van der Waals surface area contributed by atoms with Gasteiger partial charge in [-0.1, -0.05) is 179 Å². The van der Waals surface area contributed by atoms with Gasteiger partial charge < -0.3 is 24.0 Å². The number of phosphoric ester groups is 1. The van der Waals surface area contributed by atoms with Crippen molar-refractivity contribution in [3.05, 3.63) is 36.5 Å². The predicted molar refractivity (Wildman–Crippen MR) is 225 cm³/mol. The minimum absolute atomic E-state index is 0.185. The lowest BCUT2D eigenvalue weighted by atomic mass is 10.0. The lowest BCUT2D eigenvalue weighted by molar-refractivity contribution is -0.161. The van der Waals surface area contributed by atoms with Crippen LogP contribution in [0, 0.1) is 0 Å². The molecule has 0 saturated carbocycles. The quantitative estimate of drug-likeness (QED) is 0.0204. The molecule has 1 rings (SSSR count). The topological polar surface area (TPSA) is 132 Å². The molecule has 3 atom stereocenters. The molecule has 1 heterocycles. The van der Waals surface area contributed by atoms with Gasteiger partial charge in [0.05, 0.1) is 18.8 Å². The van der Waals surface area contributed by atoms with Crippen LogP contribution >= 0.6 is 7.82 Å². The number of carbonyl (C=O) groups excluding carboxylic acids is 2. The Morgan fingerprint density at radius 1 is 0.564 bits per heavy atom. The number of unbranched alkanes of at least 4 members (excludes halogenated alkanes) is 22. The van der Waals surface area contributed by atoms with E-state index < -0.39 is 32.5 Å². The van der Waals surface area contributed by atoms with E-state index in [1.807, 2.05) is 6.08 Å². The van der Waals surface area contributed by atoms with Crippen LogP contribution in [0.1, 0.15) is 206 Å². The number of hydrogen-bond acceptors (Lipinski definition) is 7. The number of epoxide rings is 1. The van der Waals surface area contributed by atoms with E-state index >= 15 is 0 Å². The molecule has 0 aromatic carbocycles. The van der Waals surface area contributed by atoms with Crippen LogP contribution in [0.4, 0.5) is 0 Å². The maximum absolute atomic E-state index is 12.4. The van der Waals surface area contributed by atoms with Gasteiger partial charge in [0.25, 0.3) is 0 Å². The van der Waals surface area contributed by atoms with Crippen molar-refractivity contribution >= 4 is 19.8 Å². The molecule has 0 radical (unpaired) electrons. The van der Waals surface area contributed by atoms with E-state index in [2.05, 4.69) is 48.8 Å². The summed E-state index contributed by atoms with van der Waals surface area (Å²) in [6.07, 6.45) is 46.1. The standard InChI is InChI=1S/C45H81O9P/c1-3-5-7-9-11-13-14-15-16-17-18-19-20-21-22-24-26-28-34-38-45(47)53-41(40-52-55(48,49)50)39-51-44(46)37-33-30-29-32-36-43-42(54-43)35-31-27-25-23-12-10-8-6-4-2/h12,23,27,29,31-32,41-43H,3-11,13-22,24-26,28,30,33-40H2,1-2H3,(H2,48,49,50)/b23-12-,31-27-,32-29-/t41-,42?,43?/m1/s1. The van der Waals surface area contributed by atoms with E-state index in [4.69, 9.17) is 24.0 Å². The number of esters is 2. The Morgan fingerprint density at radius 3 is 1.55 bits per heavy atom. The second kappa shape index (κ2) is 36.6. The fraction of sp³-hybridized carbons (Fsp3) is 0.822. The lowest BCUT2D eigenvalue weighted by Gasteiger charge is -2.18. The van der Waals surface area contributed by atoms with Crippen molar-refractivity contribution in [1.29, 1.82) is 0 Å². The molecular weight excluding hydrogens is 715 g/mol. The molecule has 1 aliphatic rings. The fourth-order valence-electron chi connectivity index (χ4n) is 6.58. The van der Waals surface area contributed by atoms with Crippen LogP contribution in [0.2, 0.25) is 0 Å². The van der Waals surface area contributed by atoms with Gasteiger partial charge in [-0.2, -0.15) is 0 Å². The van der Waals surface area contributed by atoms with Crippen LogP contribution in [0.25, 0.3) is 0 Å². The molecule has 0 amide bonds. The molecule has 2 unspecified atom stereocenters. The monoisotopic (exact) mass is 797 g/mol. The molecule has 9 nitrogen and oxygen atoms in total. The Kier molecular flexibility index (Phi) is 34.1. The molecule has 10 heteroatoms. The van der Waals surface area contributed by atoms with Gasteiger partial charge >= 0.3 is 19.8 Å². The SMILES string of the molecule is CCCCC/C=C\C/C=C\CC1OC1C/C=C\CCCC(=O)OC[C@H](COP(=O)(O)O)OC(=O)CCCCCCCCCCCCCCCCCCCCC. The van der Waals surface area contributed by atoms with E-state index in [9.17, 15) is 14.2 Å². The maximum atomic E-state index is 12.4. The first-order valence-electron chi connectivity index (χ1n) is 22.4. The number of ether oxygens (including phenoxy) is 3. The van der Waals surface area contributed by atoms with E-state index in [1.165, 1.54) is 116 Å². The maximum Gasteiger partial charge on any atom is 0.469 e. The van der Waals surface area contributed by atoms with Crippen molar-refractivity contribution < 1.29 is 42.7 Å². The Labute approximate surface area is 336 Å². The summed E-state index contributed by atoms with van der Waals surface area (Å²) in [6.45, 7) is 3.62. The molecule has 1 saturated heterocycles. The van der Waals surface area contributed by atoms with E-state index in [1.54, 1.807) is 0 Å². The van der Waals surface area contributed by atoms with Gasteiger partial charge in [-0.25, -0.2) is 4.57 Å². The average Bonchev–Trinajstić information content (AvgIpc) is 3.91. The van der Waals surface area contributed by atoms with Crippen molar-refractivity contribution in [2.75, 3.05) is 13.2 Å². The van der Waals surface area contributed by atoms with Gasteiger partial charge in [0.2, 0.25) is 0 Å². The first-order chi connectivity index (χ1) is 26.7. The number of rotatable bonds is 40. The average molecular weight is 797 g/mol. The zero-order valence-electron chi connectivity index (χ0n) is 35.0. The highest BCUT2D eigenvalue weighted by molar-refractivity contribution is 7.46. The summed E-state index contributed by atoms with van der Waals surface area (Å²) in [5.74, 6) is -0.951. The molecule has 1 fully saturated rings. The molecular formula is C45H81O9P. The van der Waals surface area contributed by atoms with Crippen LogP contribution in [-0.4, -0.2) is 53.3 Å². The molecule has 2 N–H and O–H groups in total. The number of phosphoric acid groups is 1. The first-order valence-corrected chi connectivity index (χ1v) is 23.9. The molecule has 0 aromatic rings. The highest BCUT2D eigenvalue weighted by Gasteiger charge is 2.36. The van der Waals surface area contributed by atoms with Gasteiger partial charge in [0.15, 0.2) is 6.10 Å². The zero-order valence-corrected chi connectivity index (χ0v) is 35.9. The molecule has 0 bridgehead atoms. The molecule has 0 aliphatic carbocycles. The van der Waals surface area contributed by atoms with Crippen molar-refractivity contribution in [2.24, 2.45) is 0 Å². The Morgan fingerprint density at radius 2 is 1.00 bits per heavy atom. The summed E-state index contributed by atoms with van der Waals surface area (Å²) in [5, 5.41) is 0. The van der Waals surface area contributed by atoms with Crippen molar-refractivity contribution in [3.63, 3.8) is 0 Å². The Hall–Kier alpha value is -1.77. The van der Waals surface area contributed by atoms with Gasteiger partial charge in [0.1, 0.15) is 6.61 Å². The largest absolute Gasteiger partial charge is 0.469 e. The third kappa shape index (κ3) is 36.3. The Balaban J connectivity index is 2.07. The van der Waals surface area contributed by atoms with Crippen LogP contribution in [0.15, 0.2) is 36.5 Å². The summed E-state index contributed by atoms with van der Waals surface area (Å²) >= 11 is 0. The van der Waals surface area contributed by atoms with Crippen molar-refractivity contribution in [3.8, 4) is 0 Å². The Bertz CT molecular complexity index is 1050. The number of carbonyl (C=O) groups is 2. The molecule has 0 aromatic heterocycles. The molecule has 0 spiro atoms. The van der Waals surface area contributed by atoms with E-state index in [0.29, 0.717) is 12.8 Å². The van der Waals surface area contributed by atoms with Gasteiger partial charge in [-0.15, -0.1) is 0 Å². The zero-order chi connectivity index (χ0) is 40.1. The molecule has 320 valence electrons. The molecule has 55 heavy (non-hydrogen) atoms. The minimum atomic E-state index is -4.77. The first kappa shape index (κ1) is 51.2. The normalized spacial score (nSPS) is 16.4. The van der Waals surface area contributed by atoms with Crippen LogP contribution in [0.5, 0.6) is 0 Å². The van der Waals surface area contributed by atoms with Gasteiger partial charge in [-0.3, -0.25) is 14.1 Å². The van der Waals surface area contributed by atoms with Gasteiger partial charge in [0, 0.05) is 12.8 Å². The van der Waals surface area contributed by atoms with E-state index in [-0.39, 0.29) is 31.7 Å². The van der Waals surface area contributed by atoms with Gasteiger partial charge in [-0.05, 0) is 51.4 Å². The van der Waals surface area contributed by atoms with Crippen molar-refractivity contribution in [1.82, 2.24) is 0 Å². The summed E-state index contributed by atoms with van der Waals surface area (Å²) < 4.78 is 32.2. The molecule has 1 aliphatic heterocycles. The fourth-order valence-corrected chi connectivity index (χ4v) is 6.95.